The first-order valence-corrected chi connectivity index (χ1v) is 6.19. The highest BCUT2D eigenvalue weighted by Crippen LogP contribution is 2.12. The molecule has 17 heavy (non-hydrogen) atoms. The molecule has 0 bridgehead atoms. The monoisotopic (exact) mass is 252 g/mol. The van der Waals surface area contributed by atoms with Gasteiger partial charge in [-0.3, -0.25) is 4.79 Å². The molecule has 0 aliphatic heterocycles. The lowest BCUT2D eigenvalue weighted by Crippen LogP contribution is -2.34. The van der Waals surface area contributed by atoms with Crippen LogP contribution in [0.5, 0.6) is 0 Å². The number of rotatable bonds is 5. The van der Waals surface area contributed by atoms with Crippen LogP contribution in [-0.2, 0) is 0 Å². The van der Waals surface area contributed by atoms with Crippen LogP contribution in [0, 0.1) is 0 Å². The molecule has 0 aromatic heterocycles. The molecule has 1 rings (SSSR count). The van der Waals surface area contributed by atoms with Gasteiger partial charge in [-0.1, -0.05) is 12.1 Å². The molecule has 1 atom stereocenters. The molecule has 3 nitrogen and oxygen atoms in total. The van der Waals surface area contributed by atoms with Crippen LogP contribution in [-0.4, -0.2) is 37.5 Å². The summed E-state index contributed by atoms with van der Waals surface area (Å²) in [5.74, 6) is -0.0538. The van der Waals surface area contributed by atoms with Crippen molar-refractivity contribution in [1.82, 2.24) is 10.2 Å². The highest BCUT2D eigenvalue weighted by atomic mass is 32.1. The topological polar surface area (TPSA) is 32.3 Å². The third-order valence-electron chi connectivity index (χ3n) is 2.54. The first kappa shape index (κ1) is 14.1. The summed E-state index contributed by atoms with van der Waals surface area (Å²) in [4.78, 5) is 14.8. The Hall–Kier alpha value is -1.00. The predicted octanol–water partition coefficient (Wildman–Crippen LogP) is 2.05. The summed E-state index contributed by atoms with van der Waals surface area (Å²) in [6.45, 7) is 2.98. The van der Waals surface area contributed by atoms with E-state index < -0.39 is 0 Å². The Kier molecular flexibility index (Phi) is 5.51. The van der Waals surface area contributed by atoms with E-state index >= 15 is 0 Å². The lowest BCUT2D eigenvalue weighted by atomic mass is 10.1. The Bertz CT molecular complexity index is 379. The number of hydrogen-bond donors (Lipinski definition) is 2. The second-order valence-electron chi connectivity index (χ2n) is 4.48. The Morgan fingerprint density at radius 2 is 2.06 bits per heavy atom. The fourth-order valence-electron chi connectivity index (χ4n) is 1.49. The van der Waals surface area contributed by atoms with Crippen LogP contribution >= 0.6 is 12.6 Å². The maximum Gasteiger partial charge on any atom is 0.252 e. The van der Waals surface area contributed by atoms with Gasteiger partial charge in [-0.25, -0.2) is 0 Å². The highest BCUT2D eigenvalue weighted by Gasteiger charge is 2.11. The standard InChI is InChI=1S/C13H20N2OS/c1-10(8-9-15(2)3)14-13(16)11-6-4-5-7-12(11)17/h4-7,10,17H,8-9H2,1-3H3,(H,14,16). The highest BCUT2D eigenvalue weighted by molar-refractivity contribution is 7.80. The van der Waals surface area contributed by atoms with Crippen molar-refractivity contribution in [2.45, 2.75) is 24.3 Å². The van der Waals surface area contributed by atoms with Gasteiger partial charge in [0.1, 0.15) is 0 Å². The van der Waals surface area contributed by atoms with E-state index in [1.165, 1.54) is 0 Å². The minimum absolute atomic E-state index is 0.0538. The zero-order valence-electron chi connectivity index (χ0n) is 10.6. The zero-order chi connectivity index (χ0) is 12.8. The van der Waals surface area contributed by atoms with Gasteiger partial charge in [-0.15, -0.1) is 12.6 Å². The second kappa shape index (κ2) is 6.67. The third-order valence-corrected chi connectivity index (χ3v) is 2.93. The number of carbonyl (C=O) groups excluding carboxylic acids is 1. The first-order chi connectivity index (χ1) is 8.00. The fraction of sp³-hybridized carbons (Fsp3) is 0.462. The van der Waals surface area contributed by atoms with E-state index in [0.29, 0.717) is 10.5 Å². The Morgan fingerprint density at radius 1 is 1.41 bits per heavy atom. The van der Waals surface area contributed by atoms with Crippen molar-refractivity contribution in [1.29, 1.82) is 0 Å². The number of benzene rings is 1. The molecule has 1 unspecified atom stereocenters. The molecular formula is C13H20N2OS. The van der Waals surface area contributed by atoms with Crippen molar-refractivity contribution in [3.8, 4) is 0 Å². The normalized spacial score (nSPS) is 12.5. The van der Waals surface area contributed by atoms with Gasteiger partial charge in [-0.05, 0) is 46.1 Å². The number of hydrogen-bond acceptors (Lipinski definition) is 3. The molecule has 0 fully saturated rings. The Balaban J connectivity index is 2.52. The molecule has 1 aromatic rings. The molecule has 1 amide bonds. The number of nitrogens with one attached hydrogen (secondary N) is 1. The maximum absolute atomic E-state index is 11.9. The molecule has 1 aromatic carbocycles. The van der Waals surface area contributed by atoms with Crippen molar-refractivity contribution >= 4 is 18.5 Å². The quantitative estimate of drug-likeness (QED) is 0.786. The van der Waals surface area contributed by atoms with Crippen molar-refractivity contribution in [3.63, 3.8) is 0 Å². The molecule has 94 valence electrons. The SMILES string of the molecule is CC(CCN(C)C)NC(=O)c1ccccc1S. The van der Waals surface area contributed by atoms with Crippen LogP contribution in [0.1, 0.15) is 23.7 Å². The zero-order valence-corrected chi connectivity index (χ0v) is 11.5. The van der Waals surface area contributed by atoms with Crippen LogP contribution < -0.4 is 5.32 Å². The molecule has 0 aliphatic rings. The van der Waals surface area contributed by atoms with Gasteiger partial charge in [0.15, 0.2) is 0 Å². The average molecular weight is 252 g/mol. The average Bonchev–Trinajstić information content (AvgIpc) is 2.26. The van der Waals surface area contributed by atoms with E-state index in [4.69, 9.17) is 0 Å². The molecular weight excluding hydrogens is 232 g/mol. The minimum Gasteiger partial charge on any atom is -0.350 e. The van der Waals surface area contributed by atoms with Crippen LogP contribution in [0.15, 0.2) is 29.2 Å². The number of nitrogens with zero attached hydrogens (tertiary/aromatic N) is 1. The van der Waals surface area contributed by atoms with Crippen molar-refractivity contribution in [3.05, 3.63) is 29.8 Å². The Morgan fingerprint density at radius 3 is 2.65 bits per heavy atom. The van der Waals surface area contributed by atoms with Gasteiger partial charge in [-0.2, -0.15) is 0 Å². The molecule has 0 saturated heterocycles. The van der Waals surface area contributed by atoms with Crippen LogP contribution in [0.2, 0.25) is 0 Å². The number of carbonyl (C=O) groups is 1. The van der Waals surface area contributed by atoms with Crippen molar-refractivity contribution in [2.24, 2.45) is 0 Å². The van der Waals surface area contributed by atoms with Gasteiger partial charge in [0.2, 0.25) is 0 Å². The summed E-state index contributed by atoms with van der Waals surface area (Å²) in [5, 5.41) is 2.98. The smallest absolute Gasteiger partial charge is 0.252 e. The van der Waals surface area contributed by atoms with Crippen molar-refractivity contribution < 1.29 is 4.79 Å². The molecule has 0 saturated carbocycles. The van der Waals surface area contributed by atoms with E-state index in [0.717, 1.165) is 13.0 Å². The number of thiol groups is 1. The number of amides is 1. The van der Waals surface area contributed by atoms with Crippen LogP contribution in [0.3, 0.4) is 0 Å². The minimum atomic E-state index is -0.0538. The van der Waals surface area contributed by atoms with Gasteiger partial charge in [0.25, 0.3) is 5.91 Å². The van der Waals surface area contributed by atoms with E-state index in [2.05, 4.69) is 22.8 Å². The van der Waals surface area contributed by atoms with Gasteiger partial charge < -0.3 is 10.2 Å². The van der Waals surface area contributed by atoms with E-state index in [9.17, 15) is 4.79 Å². The van der Waals surface area contributed by atoms with Crippen LogP contribution in [0.25, 0.3) is 0 Å². The van der Waals surface area contributed by atoms with Gasteiger partial charge >= 0.3 is 0 Å². The molecule has 0 heterocycles. The predicted molar refractivity (Wildman–Crippen MR) is 73.8 cm³/mol. The fourth-order valence-corrected chi connectivity index (χ4v) is 1.75. The summed E-state index contributed by atoms with van der Waals surface area (Å²) in [6, 6.07) is 7.49. The molecule has 0 radical (unpaired) electrons. The maximum atomic E-state index is 11.9. The summed E-state index contributed by atoms with van der Waals surface area (Å²) in [7, 11) is 4.05. The third kappa shape index (κ3) is 4.79. The molecule has 0 aliphatic carbocycles. The van der Waals surface area contributed by atoms with E-state index in [-0.39, 0.29) is 11.9 Å². The molecule has 1 N–H and O–H groups in total. The second-order valence-corrected chi connectivity index (χ2v) is 4.97. The van der Waals surface area contributed by atoms with E-state index in [1.807, 2.05) is 39.2 Å². The van der Waals surface area contributed by atoms with Crippen molar-refractivity contribution in [2.75, 3.05) is 20.6 Å². The summed E-state index contributed by atoms with van der Waals surface area (Å²) in [6.07, 6.45) is 0.938. The molecule has 0 spiro atoms. The Labute approximate surface area is 109 Å². The van der Waals surface area contributed by atoms with E-state index in [1.54, 1.807) is 6.07 Å². The summed E-state index contributed by atoms with van der Waals surface area (Å²) >= 11 is 4.28. The summed E-state index contributed by atoms with van der Waals surface area (Å²) < 4.78 is 0. The largest absolute Gasteiger partial charge is 0.350 e. The van der Waals surface area contributed by atoms with Gasteiger partial charge in [0.05, 0.1) is 5.56 Å². The molecule has 4 heteroatoms. The first-order valence-electron chi connectivity index (χ1n) is 5.74. The summed E-state index contributed by atoms with van der Waals surface area (Å²) in [5.41, 5.74) is 0.632. The lowest BCUT2D eigenvalue weighted by Gasteiger charge is -2.17. The van der Waals surface area contributed by atoms with Crippen LogP contribution in [0.4, 0.5) is 0 Å². The lowest BCUT2D eigenvalue weighted by molar-refractivity contribution is 0.0934. The van der Waals surface area contributed by atoms with Gasteiger partial charge in [0, 0.05) is 10.9 Å².